The Bertz CT molecular complexity index is 110. The number of nitrogens with zero attached hydrogens (tertiary/aromatic N) is 1. The van der Waals surface area contributed by atoms with Crippen LogP contribution >= 0.6 is 0 Å². The van der Waals surface area contributed by atoms with E-state index in [1.807, 2.05) is 12.5 Å². The molecule has 0 aliphatic carbocycles. The van der Waals surface area contributed by atoms with Gasteiger partial charge in [-0.1, -0.05) is 0 Å². The lowest BCUT2D eigenvalue weighted by molar-refractivity contribution is -0.328. The molecule has 0 amide bonds. The van der Waals surface area contributed by atoms with Gasteiger partial charge in [-0.2, -0.15) is 0 Å². The van der Waals surface area contributed by atoms with Gasteiger partial charge in [0.1, 0.15) is 17.9 Å². The van der Waals surface area contributed by atoms with E-state index in [9.17, 15) is 5.11 Å². The predicted octanol–water partition coefficient (Wildman–Crippen LogP) is -0.415. The Balaban J connectivity index is 3.84. The fourth-order valence-electron chi connectivity index (χ4n) is 0.307. The first kappa shape index (κ1) is 8.69. The van der Waals surface area contributed by atoms with E-state index in [0.29, 0.717) is 0 Å². The molecule has 0 saturated carbocycles. The molecular formula is C6H13NOS. The van der Waals surface area contributed by atoms with E-state index in [0.717, 1.165) is 0 Å². The zero-order valence-electron chi connectivity index (χ0n) is 6.34. The molecule has 0 aliphatic heterocycles. The van der Waals surface area contributed by atoms with Crippen molar-refractivity contribution in [2.45, 2.75) is 0 Å². The monoisotopic (exact) mass is 147 g/mol. The van der Waals surface area contributed by atoms with Crippen molar-refractivity contribution in [3.05, 3.63) is 11.3 Å². The third-order valence-electron chi connectivity index (χ3n) is 0.777. The first-order valence-corrected chi connectivity index (χ1v) is 4.77. The molecule has 0 spiro atoms. The third-order valence-corrected chi connectivity index (χ3v) is 1.45. The maximum atomic E-state index is 10.8. The standard InChI is InChI=1S/C6H13NOS/c1-7(2)6(8)5-9(3)4/h5H,1-4H3/b6-5-. The van der Waals surface area contributed by atoms with Crippen molar-refractivity contribution in [3.8, 4) is 0 Å². The number of hydrogen-bond acceptors (Lipinski definition) is 2. The Labute approximate surface area is 59.5 Å². The van der Waals surface area contributed by atoms with Gasteiger partial charge in [-0.25, -0.2) is 0 Å². The highest BCUT2D eigenvalue weighted by atomic mass is 32.2. The molecule has 9 heavy (non-hydrogen) atoms. The maximum absolute atomic E-state index is 10.8. The fraction of sp³-hybridized carbons (Fsp3) is 0.667. The highest BCUT2D eigenvalue weighted by Gasteiger charge is 1.94. The van der Waals surface area contributed by atoms with E-state index in [1.165, 1.54) is 0 Å². The van der Waals surface area contributed by atoms with Crippen LogP contribution in [-0.4, -0.2) is 31.5 Å². The Morgan fingerprint density at radius 3 is 2.00 bits per heavy atom. The molecule has 3 heteroatoms. The van der Waals surface area contributed by atoms with Gasteiger partial charge in [0.25, 0.3) is 0 Å². The van der Waals surface area contributed by atoms with Crippen LogP contribution in [0.4, 0.5) is 0 Å². The van der Waals surface area contributed by atoms with Crippen molar-refractivity contribution < 1.29 is 5.11 Å². The molecule has 2 nitrogen and oxygen atoms in total. The van der Waals surface area contributed by atoms with Crippen LogP contribution in [0, 0.1) is 0 Å². The molecule has 54 valence electrons. The molecule has 0 aromatic heterocycles. The Morgan fingerprint density at radius 1 is 1.44 bits per heavy atom. The summed E-state index contributed by atoms with van der Waals surface area (Å²) in [7, 11) is 3.63. The summed E-state index contributed by atoms with van der Waals surface area (Å²) in [5.74, 6) is 0.100. The summed E-state index contributed by atoms with van der Waals surface area (Å²) in [5, 5.41) is 12.6. The van der Waals surface area contributed by atoms with Gasteiger partial charge in [0.15, 0.2) is 0 Å². The van der Waals surface area contributed by atoms with E-state index >= 15 is 0 Å². The predicted molar refractivity (Wildman–Crippen MR) is 41.0 cm³/mol. The van der Waals surface area contributed by atoms with E-state index in [2.05, 4.69) is 0 Å². The smallest absolute Gasteiger partial charge is 0.126 e. The molecule has 0 aromatic rings. The Kier molecular flexibility index (Phi) is 3.54. The second kappa shape index (κ2) is 3.67. The highest BCUT2D eigenvalue weighted by Crippen LogP contribution is 1.92. The Hall–Kier alpha value is -0.310. The second-order valence-corrected chi connectivity index (χ2v) is 4.23. The van der Waals surface area contributed by atoms with Crippen molar-refractivity contribution in [3.63, 3.8) is 0 Å². The topological polar surface area (TPSA) is 26.3 Å². The quantitative estimate of drug-likeness (QED) is 0.392. The van der Waals surface area contributed by atoms with Crippen molar-refractivity contribution in [1.29, 1.82) is 0 Å². The largest absolute Gasteiger partial charge is 0.857 e. The summed E-state index contributed by atoms with van der Waals surface area (Å²) in [6, 6.07) is 0. The molecule has 0 rings (SSSR count). The summed E-state index contributed by atoms with van der Waals surface area (Å²) in [4.78, 5) is 1.58. The van der Waals surface area contributed by atoms with E-state index in [1.54, 1.807) is 24.4 Å². The van der Waals surface area contributed by atoms with Crippen LogP contribution in [-0.2, 0) is 10.9 Å². The van der Waals surface area contributed by atoms with Crippen LogP contribution in [0.25, 0.3) is 0 Å². The summed E-state index contributed by atoms with van der Waals surface area (Å²) in [6.07, 6.45) is 4.03. The molecule has 0 bridgehead atoms. The summed E-state index contributed by atoms with van der Waals surface area (Å²) in [6.45, 7) is 0. The summed E-state index contributed by atoms with van der Waals surface area (Å²) >= 11 is 0. The zero-order chi connectivity index (χ0) is 7.44. The van der Waals surface area contributed by atoms with Gasteiger partial charge >= 0.3 is 0 Å². The van der Waals surface area contributed by atoms with Crippen LogP contribution in [0.1, 0.15) is 0 Å². The molecule has 0 aromatic carbocycles. The lowest BCUT2D eigenvalue weighted by Crippen LogP contribution is -2.22. The molecule has 0 atom stereocenters. The normalized spacial score (nSPS) is 12.3. The van der Waals surface area contributed by atoms with E-state index < -0.39 is 0 Å². The van der Waals surface area contributed by atoms with Gasteiger partial charge < -0.3 is 10.0 Å². The van der Waals surface area contributed by atoms with Crippen molar-refractivity contribution in [2.24, 2.45) is 0 Å². The van der Waals surface area contributed by atoms with Gasteiger partial charge in [-0.3, -0.25) is 0 Å². The van der Waals surface area contributed by atoms with Crippen molar-refractivity contribution >= 4 is 10.9 Å². The van der Waals surface area contributed by atoms with Gasteiger partial charge in [0, 0.05) is 30.9 Å². The lowest BCUT2D eigenvalue weighted by Gasteiger charge is -2.19. The molecule has 0 heterocycles. The molecule has 0 fully saturated rings. The fourth-order valence-corrected chi connectivity index (χ4v) is 0.921. The minimum absolute atomic E-state index is 0.100. The lowest BCUT2D eigenvalue weighted by atomic mass is 10.8. The number of rotatable bonds is 2. The van der Waals surface area contributed by atoms with E-state index in [-0.39, 0.29) is 16.8 Å². The van der Waals surface area contributed by atoms with Gasteiger partial charge in [0.2, 0.25) is 0 Å². The maximum Gasteiger partial charge on any atom is 0.126 e. The Morgan fingerprint density at radius 2 is 1.89 bits per heavy atom. The minimum Gasteiger partial charge on any atom is -0.857 e. The molecule has 0 saturated heterocycles. The van der Waals surface area contributed by atoms with Crippen LogP contribution in [0.3, 0.4) is 0 Å². The van der Waals surface area contributed by atoms with Gasteiger partial charge in [-0.05, 0) is 0 Å². The van der Waals surface area contributed by atoms with E-state index in [4.69, 9.17) is 0 Å². The average molecular weight is 147 g/mol. The SMILES string of the molecule is CN(C)/C([O-])=C/[S+](C)C. The van der Waals surface area contributed by atoms with Crippen LogP contribution in [0.2, 0.25) is 0 Å². The van der Waals surface area contributed by atoms with Crippen LogP contribution in [0.5, 0.6) is 0 Å². The highest BCUT2D eigenvalue weighted by molar-refractivity contribution is 7.98. The zero-order valence-corrected chi connectivity index (χ0v) is 7.16. The van der Waals surface area contributed by atoms with Crippen LogP contribution in [0.15, 0.2) is 11.3 Å². The first-order chi connectivity index (χ1) is 4.04. The third kappa shape index (κ3) is 4.21. The first-order valence-electron chi connectivity index (χ1n) is 2.66. The van der Waals surface area contributed by atoms with Crippen LogP contribution < -0.4 is 5.11 Å². The molecule has 0 aliphatic rings. The van der Waals surface area contributed by atoms with Crippen molar-refractivity contribution in [2.75, 3.05) is 26.6 Å². The van der Waals surface area contributed by atoms with Crippen molar-refractivity contribution in [1.82, 2.24) is 4.90 Å². The summed E-state index contributed by atoms with van der Waals surface area (Å²) in [5.41, 5.74) is 0. The minimum atomic E-state index is 0.100. The molecule has 0 unspecified atom stereocenters. The number of hydrogen-bond donors (Lipinski definition) is 0. The average Bonchev–Trinajstić information content (AvgIpc) is 1.63. The van der Waals surface area contributed by atoms with Gasteiger partial charge in [0.05, 0.1) is 0 Å². The molecule has 0 N–H and O–H groups in total. The summed E-state index contributed by atoms with van der Waals surface area (Å²) < 4.78 is 0. The second-order valence-electron chi connectivity index (χ2n) is 2.23. The molecule has 0 radical (unpaired) electrons. The molecular weight excluding hydrogens is 134 g/mol. The van der Waals surface area contributed by atoms with Gasteiger partial charge in [-0.15, -0.1) is 0 Å².